The van der Waals surface area contributed by atoms with E-state index in [1.54, 1.807) is 0 Å². The van der Waals surface area contributed by atoms with Crippen molar-refractivity contribution in [2.45, 2.75) is 6.18 Å². The van der Waals surface area contributed by atoms with E-state index in [9.17, 15) is 13.2 Å². The van der Waals surface area contributed by atoms with Crippen molar-refractivity contribution >= 4 is 11.8 Å². The average Bonchev–Trinajstić information content (AvgIpc) is 2.11. The minimum absolute atomic E-state index is 0.403. The average molecular weight is 171 g/mol. The van der Waals surface area contributed by atoms with Gasteiger partial charge < -0.3 is 0 Å². The van der Waals surface area contributed by atoms with E-state index in [1.807, 2.05) is 0 Å². The summed E-state index contributed by atoms with van der Waals surface area (Å²) >= 11 is 5.06. The highest BCUT2D eigenvalue weighted by molar-refractivity contribution is 6.15. The van der Waals surface area contributed by atoms with Gasteiger partial charge >= 0.3 is 6.18 Å². The van der Waals surface area contributed by atoms with Gasteiger partial charge in [0.05, 0.1) is 0 Å². The van der Waals surface area contributed by atoms with Crippen LogP contribution < -0.4 is 0 Å². The molecule has 1 heterocycles. The van der Waals surface area contributed by atoms with Crippen LogP contribution in [0.15, 0.2) is 12.4 Å². The van der Waals surface area contributed by atoms with Crippen LogP contribution in [0.4, 0.5) is 13.2 Å². The fraction of sp³-hybridized carbons (Fsp3) is 0.250. The zero-order valence-electron chi connectivity index (χ0n) is 4.56. The first-order valence-corrected chi connectivity index (χ1v) is 2.62. The summed E-state index contributed by atoms with van der Waals surface area (Å²) < 4.78 is 35.5. The molecular formula is C4H2ClF3N2. The molecule has 0 N–H and O–H groups in total. The molecule has 0 aromatic carbocycles. The third-order valence-corrected chi connectivity index (χ3v) is 1.12. The van der Waals surface area contributed by atoms with Crippen molar-refractivity contribution < 1.29 is 13.2 Å². The molecule has 1 aromatic heterocycles. The molecule has 0 spiro atoms. The Kier molecular flexibility index (Phi) is 1.60. The van der Waals surface area contributed by atoms with Crippen LogP contribution >= 0.6 is 11.8 Å². The van der Waals surface area contributed by atoms with Gasteiger partial charge in [-0.3, -0.25) is 0 Å². The Balaban J connectivity index is 3.05. The minimum Gasteiger partial charge on any atom is -0.238 e. The Labute approximate surface area is 59.3 Å². The summed E-state index contributed by atoms with van der Waals surface area (Å²) in [5.41, 5.74) is 0. The van der Waals surface area contributed by atoms with Crippen molar-refractivity contribution in [1.29, 1.82) is 0 Å². The maximum atomic E-state index is 11.7. The number of hydrogen-bond donors (Lipinski definition) is 0. The van der Waals surface area contributed by atoms with E-state index in [2.05, 4.69) is 4.98 Å². The minimum atomic E-state index is -4.47. The molecule has 1 rings (SSSR count). The molecule has 1 aromatic rings. The second kappa shape index (κ2) is 2.16. The lowest BCUT2D eigenvalue weighted by Crippen LogP contribution is -2.09. The van der Waals surface area contributed by atoms with E-state index in [4.69, 9.17) is 11.8 Å². The van der Waals surface area contributed by atoms with Crippen LogP contribution in [0, 0.1) is 0 Å². The van der Waals surface area contributed by atoms with E-state index >= 15 is 0 Å². The topological polar surface area (TPSA) is 17.8 Å². The maximum absolute atomic E-state index is 11.7. The summed E-state index contributed by atoms with van der Waals surface area (Å²) in [6, 6.07) is 0. The molecule has 0 fully saturated rings. The van der Waals surface area contributed by atoms with E-state index in [1.165, 1.54) is 0 Å². The largest absolute Gasteiger partial charge is 0.450 e. The molecule has 0 aliphatic rings. The zero-order chi connectivity index (χ0) is 7.78. The van der Waals surface area contributed by atoms with Crippen LogP contribution in [0.1, 0.15) is 5.82 Å². The van der Waals surface area contributed by atoms with E-state index < -0.39 is 12.0 Å². The maximum Gasteiger partial charge on any atom is 0.450 e. The number of nitrogens with zero attached hydrogens (tertiary/aromatic N) is 2. The lowest BCUT2D eigenvalue weighted by molar-refractivity contribution is -0.145. The van der Waals surface area contributed by atoms with Crippen molar-refractivity contribution in [3.05, 3.63) is 18.2 Å². The Morgan fingerprint density at radius 3 is 2.30 bits per heavy atom. The van der Waals surface area contributed by atoms with Gasteiger partial charge in [0.15, 0.2) is 0 Å². The first-order valence-electron chi connectivity index (χ1n) is 2.28. The van der Waals surface area contributed by atoms with Crippen LogP contribution in [0.2, 0.25) is 0 Å². The molecule has 2 nitrogen and oxygen atoms in total. The van der Waals surface area contributed by atoms with E-state index in [-0.39, 0.29) is 0 Å². The molecular weight excluding hydrogens is 169 g/mol. The molecule has 0 radical (unpaired) electrons. The molecule has 0 atom stereocenters. The molecule has 6 heteroatoms. The van der Waals surface area contributed by atoms with Gasteiger partial charge in [-0.05, 0) is 0 Å². The second-order valence-corrected chi connectivity index (χ2v) is 1.92. The molecule has 0 aliphatic heterocycles. The number of aromatic nitrogens is 2. The smallest absolute Gasteiger partial charge is 0.238 e. The molecule has 0 amide bonds. The number of imidazole rings is 1. The molecule has 10 heavy (non-hydrogen) atoms. The van der Waals surface area contributed by atoms with Gasteiger partial charge in [0.1, 0.15) is 0 Å². The summed E-state index contributed by atoms with van der Waals surface area (Å²) in [4.78, 5) is 2.99. The molecule has 0 saturated carbocycles. The summed E-state index contributed by atoms with van der Waals surface area (Å²) in [7, 11) is 0. The predicted octanol–water partition coefficient (Wildman–Crippen LogP) is 1.90. The Morgan fingerprint density at radius 2 is 2.10 bits per heavy atom. The number of rotatable bonds is 0. The van der Waals surface area contributed by atoms with Crippen molar-refractivity contribution in [1.82, 2.24) is 9.07 Å². The Bertz CT molecular complexity index is 229. The lowest BCUT2D eigenvalue weighted by Gasteiger charge is -2.02. The lowest BCUT2D eigenvalue weighted by atomic mass is 10.6. The first kappa shape index (κ1) is 7.40. The molecule has 0 bridgehead atoms. The van der Waals surface area contributed by atoms with Crippen molar-refractivity contribution in [2.75, 3.05) is 0 Å². The van der Waals surface area contributed by atoms with Gasteiger partial charge in [-0.25, -0.2) is 9.07 Å². The Hall–Kier alpha value is -0.710. The van der Waals surface area contributed by atoms with Gasteiger partial charge in [-0.1, -0.05) is 0 Å². The second-order valence-electron chi connectivity index (χ2n) is 1.56. The SMILES string of the molecule is FC(F)(F)c1nccn1Cl. The summed E-state index contributed by atoms with van der Waals surface area (Å²) in [6.45, 7) is 0. The standard InChI is InChI=1S/C4H2ClF3N2/c5-10-2-1-9-3(10)4(6,7)8/h1-2H. The van der Waals surface area contributed by atoms with E-state index in [0.29, 0.717) is 4.09 Å². The van der Waals surface area contributed by atoms with Crippen LogP contribution in [0.5, 0.6) is 0 Å². The quantitative estimate of drug-likeness (QED) is 0.582. The van der Waals surface area contributed by atoms with Crippen LogP contribution in [-0.4, -0.2) is 9.07 Å². The van der Waals surface area contributed by atoms with Crippen molar-refractivity contribution in [3.8, 4) is 0 Å². The molecule has 0 saturated heterocycles. The van der Waals surface area contributed by atoms with Crippen LogP contribution in [-0.2, 0) is 6.18 Å². The molecule has 0 aliphatic carbocycles. The van der Waals surface area contributed by atoms with Crippen LogP contribution in [0.3, 0.4) is 0 Å². The summed E-state index contributed by atoms with van der Waals surface area (Å²) in [5, 5.41) is 0. The fourth-order valence-corrected chi connectivity index (χ4v) is 0.672. The molecule has 0 unspecified atom stereocenters. The van der Waals surface area contributed by atoms with Gasteiger partial charge in [0.2, 0.25) is 5.82 Å². The highest BCUT2D eigenvalue weighted by Gasteiger charge is 2.35. The fourth-order valence-electron chi connectivity index (χ4n) is 0.483. The van der Waals surface area contributed by atoms with Gasteiger partial charge in [0.25, 0.3) is 0 Å². The predicted molar refractivity (Wildman–Crippen MR) is 28.5 cm³/mol. The van der Waals surface area contributed by atoms with Gasteiger partial charge in [-0.2, -0.15) is 13.2 Å². The Morgan fingerprint density at radius 1 is 1.50 bits per heavy atom. The third kappa shape index (κ3) is 1.23. The number of hydrogen-bond acceptors (Lipinski definition) is 1. The monoisotopic (exact) mass is 170 g/mol. The zero-order valence-corrected chi connectivity index (χ0v) is 5.32. The highest BCUT2D eigenvalue weighted by Crippen LogP contribution is 2.27. The van der Waals surface area contributed by atoms with Gasteiger partial charge in [0, 0.05) is 24.2 Å². The highest BCUT2D eigenvalue weighted by atomic mass is 35.5. The summed E-state index contributed by atoms with van der Waals surface area (Å²) in [6.07, 6.45) is -2.47. The third-order valence-electron chi connectivity index (χ3n) is 0.850. The number of halogens is 4. The number of alkyl halides is 3. The van der Waals surface area contributed by atoms with Gasteiger partial charge in [-0.15, -0.1) is 0 Å². The van der Waals surface area contributed by atoms with E-state index in [0.717, 1.165) is 12.4 Å². The van der Waals surface area contributed by atoms with Crippen LogP contribution in [0.25, 0.3) is 0 Å². The van der Waals surface area contributed by atoms with Crippen molar-refractivity contribution in [2.24, 2.45) is 0 Å². The molecule has 56 valence electrons. The normalized spacial score (nSPS) is 12.0. The van der Waals surface area contributed by atoms with Crippen molar-refractivity contribution in [3.63, 3.8) is 0 Å². The summed E-state index contributed by atoms with van der Waals surface area (Å²) in [5.74, 6) is -1.10. The first-order chi connectivity index (χ1) is 4.52.